The van der Waals surface area contributed by atoms with Crippen molar-refractivity contribution in [2.24, 2.45) is 0 Å². The van der Waals surface area contributed by atoms with Gasteiger partial charge in [0.2, 0.25) is 11.8 Å². The number of nitrogens with one attached hydrogen (secondary N) is 1. The molecule has 0 saturated heterocycles. The van der Waals surface area contributed by atoms with Crippen LogP contribution in [0.1, 0.15) is 11.1 Å². The van der Waals surface area contributed by atoms with Crippen molar-refractivity contribution < 1.29 is 27.5 Å². The highest BCUT2D eigenvalue weighted by Gasteiger charge is 2.35. The minimum absolute atomic E-state index is 0.0274. The summed E-state index contributed by atoms with van der Waals surface area (Å²) >= 11 is 13.0. The molecule has 9 nitrogen and oxygen atoms in total. The van der Waals surface area contributed by atoms with Crippen molar-refractivity contribution in [1.82, 2.24) is 10.2 Å². The number of anilines is 1. The third-order valence-corrected chi connectivity index (χ3v) is 9.67. The van der Waals surface area contributed by atoms with Gasteiger partial charge in [-0.25, -0.2) is 8.42 Å². The van der Waals surface area contributed by atoms with E-state index in [-0.39, 0.29) is 29.3 Å². The van der Waals surface area contributed by atoms with E-state index in [0.29, 0.717) is 21.4 Å². The number of halogens is 2. The fraction of sp³-hybridized carbons (Fsp3) is 0.212. The molecule has 1 N–H and O–H groups in total. The minimum atomic E-state index is -4.29. The molecule has 4 aromatic rings. The summed E-state index contributed by atoms with van der Waals surface area (Å²) in [4.78, 5) is 29.2. The number of nitrogens with zero attached hydrogens (tertiary/aromatic N) is 2. The van der Waals surface area contributed by atoms with E-state index < -0.39 is 34.4 Å². The van der Waals surface area contributed by atoms with E-state index in [1.165, 1.54) is 50.4 Å². The van der Waals surface area contributed by atoms with Gasteiger partial charge in [-0.2, -0.15) is 0 Å². The number of carbonyl (C=O) groups excluding carboxylic acids is 2. The van der Waals surface area contributed by atoms with Crippen LogP contribution in [0.25, 0.3) is 0 Å². The maximum absolute atomic E-state index is 14.5. The number of amides is 2. The third kappa shape index (κ3) is 7.89. The largest absolute Gasteiger partial charge is 0.493 e. The molecule has 0 aliphatic rings. The smallest absolute Gasteiger partial charge is 0.264 e. The number of likely N-dealkylation sites (N-methyl/N-ethyl adjacent to an activating group) is 1. The van der Waals surface area contributed by atoms with Gasteiger partial charge in [-0.05, 0) is 42.0 Å². The summed E-state index contributed by atoms with van der Waals surface area (Å²) in [6.07, 6.45) is 0.149. The summed E-state index contributed by atoms with van der Waals surface area (Å²) < 4.78 is 40.0. The topological polar surface area (TPSA) is 105 Å². The Morgan fingerprint density at radius 3 is 2.00 bits per heavy atom. The molecule has 0 saturated carbocycles. The molecule has 0 heterocycles. The second kappa shape index (κ2) is 15.2. The van der Waals surface area contributed by atoms with Crippen molar-refractivity contribution in [1.29, 1.82) is 0 Å². The molecule has 0 spiro atoms. The molecular weight excluding hydrogens is 637 g/mol. The van der Waals surface area contributed by atoms with E-state index in [1.54, 1.807) is 42.5 Å². The molecule has 0 bridgehead atoms. The van der Waals surface area contributed by atoms with Gasteiger partial charge in [0.1, 0.15) is 12.6 Å². The van der Waals surface area contributed by atoms with Crippen LogP contribution in [0.3, 0.4) is 0 Å². The van der Waals surface area contributed by atoms with Gasteiger partial charge in [0.25, 0.3) is 10.0 Å². The van der Waals surface area contributed by atoms with Crippen molar-refractivity contribution in [2.75, 3.05) is 32.1 Å². The van der Waals surface area contributed by atoms with Crippen LogP contribution in [0, 0.1) is 0 Å². The molecule has 0 fully saturated rings. The molecule has 236 valence electrons. The number of carbonyl (C=O) groups is 2. The summed E-state index contributed by atoms with van der Waals surface area (Å²) in [5.74, 6) is -0.464. The summed E-state index contributed by atoms with van der Waals surface area (Å²) in [7, 11) is 0.0707. The van der Waals surface area contributed by atoms with Gasteiger partial charge in [-0.15, -0.1) is 0 Å². The molecule has 1 unspecified atom stereocenters. The zero-order chi connectivity index (χ0) is 32.6. The van der Waals surface area contributed by atoms with Crippen LogP contribution in [0.2, 0.25) is 10.0 Å². The highest BCUT2D eigenvalue weighted by atomic mass is 35.5. The van der Waals surface area contributed by atoms with Crippen molar-refractivity contribution >= 4 is 50.7 Å². The molecule has 0 aliphatic carbocycles. The zero-order valence-electron chi connectivity index (χ0n) is 24.9. The number of rotatable bonds is 13. The number of hydrogen-bond acceptors (Lipinski definition) is 6. The second-order valence-electron chi connectivity index (χ2n) is 9.91. The first kappa shape index (κ1) is 33.6. The number of sulfonamides is 1. The standard InChI is InChI=1S/C33H33Cl2N3O6S/c1-36-33(40)29(19-23-11-6-4-7-12-23)37(21-26-27(34)15-10-16-28(26)35)32(39)22-38(45(41,42)25-13-8-5-9-14-25)24-17-18-30(43-2)31(20-24)44-3/h4-18,20,29H,19,21-22H2,1-3H3,(H,36,40). The molecular formula is C33H33Cl2N3O6S. The number of hydrogen-bond donors (Lipinski definition) is 1. The molecule has 0 radical (unpaired) electrons. The predicted molar refractivity (Wildman–Crippen MR) is 176 cm³/mol. The molecule has 0 aliphatic heterocycles. The molecule has 2 amide bonds. The fourth-order valence-corrected chi connectivity index (χ4v) is 6.75. The maximum Gasteiger partial charge on any atom is 0.264 e. The van der Waals surface area contributed by atoms with Crippen molar-refractivity contribution in [3.05, 3.63) is 118 Å². The molecule has 0 aromatic heterocycles. The average molecular weight is 671 g/mol. The summed E-state index contributed by atoms with van der Waals surface area (Å²) in [5, 5.41) is 3.23. The Morgan fingerprint density at radius 1 is 0.822 bits per heavy atom. The van der Waals surface area contributed by atoms with E-state index in [0.717, 1.165) is 9.87 Å². The molecule has 4 rings (SSSR count). The molecule has 45 heavy (non-hydrogen) atoms. The second-order valence-corrected chi connectivity index (χ2v) is 12.6. The van der Waals surface area contributed by atoms with E-state index in [4.69, 9.17) is 32.7 Å². The van der Waals surface area contributed by atoms with Crippen LogP contribution >= 0.6 is 23.2 Å². The Hall–Kier alpha value is -4.25. The zero-order valence-corrected chi connectivity index (χ0v) is 27.3. The minimum Gasteiger partial charge on any atom is -0.493 e. The third-order valence-electron chi connectivity index (χ3n) is 7.17. The van der Waals surface area contributed by atoms with Crippen molar-refractivity contribution in [2.45, 2.75) is 23.9 Å². The summed E-state index contributed by atoms with van der Waals surface area (Å²) in [6, 6.07) is 25.4. The van der Waals surface area contributed by atoms with E-state index >= 15 is 0 Å². The summed E-state index contributed by atoms with van der Waals surface area (Å²) in [5.41, 5.74) is 1.36. The van der Waals surface area contributed by atoms with Crippen LogP contribution in [-0.2, 0) is 32.6 Å². The Balaban J connectivity index is 1.85. The normalized spacial score (nSPS) is 11.8. The van der Waals surface area contributed by atoms with Gasteiger partial charge in [0, 0.05) is 41.7 Å². The monoisotopic (exact) mass is 669 g/mol. The van der Waals surface area contributed by atoms with E-state index in [2.05, 4.69) is 5.32 Å². The Bertz CT molecular complexity index is 1720. The Morgan fingerprint density at radius 2 is 1.42 bits per heavy atom. The van der Waals surface area contributed by atoms with Crippen LogP contribution in [0.5, 0.6) is 11.5 Å². The van der Waals surface area contributed by atoms with Gasteiger partial charge in [0.15, 0.2) is 11.5 Å². The SMILES string of the molecule is CNC(=O)C(Cc1ccccc1)N(Cc1c(Cl)cccc1Cl)C(=O)CN(c1ccc(OC)c(OC)c1)S(=O)(=O)c1ccccc1. The highest BCUT2D eigenvalue weighted by Crippen LogP contribution is 2.34. The molecule has 1 atom stereocenters. The summed E-state index contributed by atoms with van der Waals surface area (Å²) in [6.45, 7) is -0.815. The Labute approximate surface area is 273 Å². The molecule has 4 aromatic carbocycles. The maximum atomic E-state index is 14.5. The lowest BCUT2D eigenvalue weighted by Crippen LogP contribution is -2.53. The van der Waals surface area contributed by atoms with Crippen LogP contribution < -0.4 is 19.1 Å². The predicted octanol–water partition coefficient (Wildman–Crippen LogP) is 5.59. The van der Waals surface area contributed by atoms with Crippen molar-refractivity contribution in [3.8, 4) is 11.5 Å². The van der Waals surface area contributed by atoms with Crippen molar-refractivity contribution in [3.63, 3.8) is 0 Å². The van der Waals surface area contributed by atoms with E-state index in [1.807, 2.05) is 30.3 Å². The van der Waals surface area contributed by atoms with Crippen LogP contribution in [-0.4, -0.2) is 59.0 Å². The van der Waals surface area contributed by atoms with Crippen LogP contribution in [0.15, 0.2) is 102 Å². The average Bonchev–Trinajstić information content (AvgIpc) is 3.06. The first-order chi connectivity index (χ1) is 21.6. The van der Waals surface area contributed by atoms with E-state index in [9.17, 15) is 18.0 Å². The number of ether oxygens (including phenoxy) is 2. The lowest BCUT2D eigenvalue weighted by Gasteiger charge is -2.34. The van der Waals surface area contributed by atoms with Gasteiger partial charge < -0.3 is 19.7 Å². The van der Waals surface area contributed by atoms with Gasteiger partial charge in [-0.1, -0.05) is 77.8 Å². The lowest BCUT2D eigenvalue weighted by molar-refractivity contribution is -0.139. The number of benzene rings is 4. The van der Waals surface area contributed by atoms with Crippen LogP contribution in [0.4, 0.5) is 5.69 Å². The molecule has 12 heteroatoms. The number of methoxy groups -OCH3 is 2. The first-order valence-corrected chi connectivity index (χ1v) is 16.1. The lowest BCUT2D eigenvalue weighted by atomic mass is 10.0. The first-order valence-electron chi connectivity index (χ1n) is 13.9. The van der Waals surface area contributed by atoms with Gasteiger partial charge in [-0.3, -0.25) is 13.9 Å². The van der Waals surface area contributed by atoms with Gasteiger partial charge in [0.05, 0.1) is 24.8 Å². The Kier molecular flexibility index (Phi) is 11.3. The quantitative estimate of drug-likeness (QED) is 0.199. The highest BCUT2D eigenvalue weighted by molar-refractivity contribution is 7.92. The van der Waals surface area contributed by atoms with Gasteiger partial charge >= 0.3 is 0 Å². The fourth-order valence-electron chi connectivity index (χ4n) is 4.80.